The van der Waals surface area contributed by atoms with Gasteiger partial charge in [-0.05, 0) is 270 Å². The van der Waals surface area contributed by atoms with Crippen LogP contribution in [0.25, 0.3) is 73.4 Å². The summed E-state index contributed by atoms with van der Waals surface area (Å²) < 4.78 is 59.9. The Kier molecular flexibility index (Phi) is 21.4. The number of anilines is 3. The molecule has 118 heavy (non-hydrogen) atoms. The molecule has 12 aromatic rings. The molecule has 3 N–H and O–H groups in total. The predicted octanol–water partition coefficient (Wildman–Crippen LogP) is 20.8. The summed E-state index contributed by atoms with van der Waals surface area (Å²) in [6.45, 7) is 8.43. The Morgan fingerprint density at radius 1 is 0.424 bits per heavy atom. The van der Waals surface area contributed by atoms with Gasteiger partial charge >= 0.3 is 7.12 Å². The monoisotopic (exact) mass is 1640 g/mol. The van der Waals surface area contributed by atoms with E-state index in [-0.39, 0.29) is 36.4 Å². The lowest BCUT2D eigenvalue weighted by Crippen LogP contribution is -2.41. The quantitative estimate of drug-likeness (QED) is 0.0968. The lowest BCUT2D eigenvalue weighted by atomic mass is 9.73. The van der Waals surface area contributed by atoms with Crippen LogP contribution >= 0.6 is 15.9 Å². The second-order valence-corrected chi connectivity index (χ2v) is 34.9. The van der Waals surface area contributed by atoms with E-state index in [4.69, 9.17) is 39.4 Å². The normalized spacial score (nSPS) is 20.3. The van der Waals surface area contributed by atoms with E-state index in [1.807, 2.05) is 21.4 Å². The van der Waals surface area contributed by atoms with Crippen molar-refractivity contribution in [2.75, 3.05) is 16.0 Å². The zero-order chi connectivity index (χ0) is 80.2. The Balaban J connectivity index is 0.000000108. The van der Waals surface area contributed by atoms with Crippen LogP contribution in [0.2, 0.25) is 0 Å². The minimum atomic E-state index is -0.422. The van der Waals surface area contributed by atoms with Crippen molar-refractivity contribution < 1.29 is 22.5 Å². The molecule has 0 unspecified atom stereocenters. The summed E-state index contributed by atoms with van der Waals surface area (Å²) in [5, 5.41) is 24.8. The highest BCUT2D eigenvalue weighted by Crippen LogP contribution is 2.47. The van der Waals surface area contributed by atoms with Crippen LogP contribution in [0.5, 0.6) is 0 Å². The largest absolute Gasteiger partial charge is 0.490 e. The second-order valence-electron chi connectivity index (χ2n) is 34.1. The Labute approximate surface area is 693 Å². The van der Waals surface area contributed by atoms with Crippen LogP contribution in [-0.2, 0) is 28.6 Å². The number of nitrogens with zero attached hydrogens (tertiary/aromatic N) is 15. The van der Waals surface area contributed by atoms with Crippen molar-refractivity contribution in [2.45, 2.75) is 223 Å². The third-order valence-electron chi connectivity index (χ3n) is 25.8. The Morgan fingerprint density at radius 2 is 0.847 bits per heavy atom. The molecule has 3 aromatic carbocycles. The van der Waals surface area contributed by atoms with Crippen molar-refractivity contribution in [3.8, 4) is 34.2 Å². The zero-order valence-corrected chi connectivity index (χ0v) is 68.7. The Bertz CT molecular complexity index is 6020. The van der Waals surface area contributed by atoms with Crippen molar-refractivity contribution in [1.82, 2.24) is 73.7 Å². The molecule has 3 atom stereocenters. The maximum absolute atomic E-state index is 14.0. The molecule has 25 heteroatoms. The maximum Gasteiger partial charge on any atom is 0.490 e. The van der Waals surface area contributed by atoms with E-state index in [2.05, 4.69) is 175 Å². The molecule has 0 radical (unpaired) electrons. The Morgan fingerprint density at radius 3 is 1.31 bits per heavy atom. The van der Waals surface area contributed by atoms with Gasteiger partial charge in [0, 0.05) is 64.5 Å². The number of hydrogen-bond acceptors (Lipinski definition) is 17. The predicted molar refractivity (Wildman–Crippen MR) is 460 cm³/mol. The van der Waals surface area contributed by atoms with Crippen LogP contribution in [0.3, 0.4) is 0 Å². The van der Waals surface area contributed by atoms with Crippen LogP contribution < -0.4 is 16.0 Å². The molecule has 20 nitrogen and oxygen atoms in total. The fourth-order valence-corrected chi connectivity index (χ4v) is 19.3. The van der Waals surface area contributed by atoms with E-state index in [0.717, 1.165) is 130 Å². The molecule has 10 aliphatic rings. The van der Waals surface area contributed by atoms with Gasteiger partial charge in [-0.15, -0.1) is 0 Å². The molecule has 2 fully saturated rings. The van der Waals surface area contributed by atoms with E-state index in [1.54, 1.807) is 46.0 Å². The van der Waals surface area contributed by atoms with Gasteiger partial charge in [-0.25, -0.2) is 28.1 Å². The number of nitrogens with one attached hydrogen (secondary N) is 3. The van der Waals surface area contributed by atoms with E-state index in [1.165, 1.54) is 155 Å². The van der Waals surface area contributed by atoms with Crippen LogP contribution in [0.15, 0.2) is 186 Å². The van der Waals surface area contributed by atoms with Crippen molar-refractivity contribution in [1.29, 1.82) is 0 Å². The number of benzene rings is 3. The third kappa shape index (κ3) is 15.7. The molecule has 0 amide bonds. The molecule has 22 rings (SSSR count). The smallest absolute Gasteiger partial charge is 0.400 e. The summed E-state index contributed by atoms with van der Waals surface area (Å²) in [6, 6.07) is 31.2. The lowest BCUT2D eigenvalue weighted by molar-refractivity contribution is 0.00578. The highest BCUT2D eigenvalue weighted by molar-refractivity contribution is 9.10. The van der Waals surface area contributed by atoms with Gasteiger partial charge < -0.3 is 25.3 Å². The lowest BCUT2D eigenvalue weighted by Gasteiger charge is -2.32. The summed E-state index contributed by atoms with van der Waals surface area (Å²) in [7, 11) is -0.102. The van der Waals surface area contributed by atoms with Gasteiger partial charge in [0.1, 0.15) is 17.5 Å². The minimum Gasteiger partial charge on any atom is -0.400 e. The van der Waals surface area contributed by atoms with E-state index in [0.29, 0.717) is 63.6 Å². The van der Waals surface area contributed by atoms with Crippen LogP contribution in [0, 0.1) is 17.5 Å². The first-order valence-corrected chi connectivity index (χ1v) is 43.0. The molecule has 9 aromatic heterocycles. The standard InChI is InChI=1S/C29H29FN6.C29H27FN6.C23H18BrFN6.C12H21BO2/c2*30-22-13-21(15-31-16-22)27-34-28-26(18-6-2-1-3-7-18)17-32-36(28)29(35-27)33-23-11-10-20-12-19-8-4-5-9-24(19)25(20)14-23;24-20-12-27-31-22(20)29-21(15-8-16(25)11-26-10-15)30-23(31)28-17-6-5-14-7-13-3-1-2-4-18(13)19(14)9-17;1-11(2)12(3,4)15-13(14-11)10-8-6-5-7-9-10/h4-5,8-9,13,15-18,23H,1-3,6-7,10-12,14H2,(H,33,34,35);4-6,8-9,13,15-17,23H,1-3,7,10-12,14H2,(H,33,34,35);1-4,8,10-12,17H,5-7,9H2,(H,28,29,30);8H,5-7,9H2,1-4H3/t2*23-;17-;/m111./s1. The maximum atomic E-state index is 14.0. The molecule has 9 aliphatic carbocycles. The number of fused-ring (bicyclic) bond motifs is 9. The van der Waals surface area contributed by atoms with Crippen LogP contribution in [-0.4, -0.2) is 110 Å². The van der Waals surface area contributed by atoms with Crippen molar-refractivity contribution in [3.63, 3.8) is 0 Å². The van der Waals surface area contributed by atoms with E-state index >= 15 is 0 Å². The summed E-state index contributed by atoms with van der Waals surface area (Å²) in [5.41, 5.74) is 25.9. The molecule has 1 saturated heterocycles. The summed E-state index contributed by atoms with van der Waals surface area (Å²) in [5.74, 6) is 2.49. The Hall–Kier alpha value is -10.9. The summed E-state index contributed by atoms with van der Waals surface area (Å²) >= 11 is 3.50. The van der Waals surface area contributed by atoms with Crippen molar-refractivity contribution in [2.24, 2.45) is 0 Å². The number of pyridine rings is 3. The van der Waals surface area contributed by atoms with Gasteiger partial charge in [-0.3, -0.25) is 15.0 Å². The molecular weight excluding hydrogens is 1550 g/mol. The molecule has 1 aliphatic heterocycles. The molecule has 1 saturated carbocycles. The highest BCUT2D eigenvalue weighted by atomic mass is 79.9. The molecule has 600 valence electrons. The van der Waals surface area contributed by atoms with E-state index in [9.17, 15) is 13.2 Å². The first-order valence-electron chi connectivity index (χ1n) is 42.2. The number of allylic oxidation sites excluding steroid dienone is 7. The molecule has 10 heterocycles. The van der Waals surface area contributed by atoms with Crippen molar-refractivity contribution in [3.05, 3.63) is 248 Å². The fraction of sp³-hybridized carbons (Fsp3) is 0.376. The second kappa shape index (κ2) is 32.8. The van der Waals surface area contributed by atoms with Crippen molar-refractivity contribution >= 4 is 80.1 Å². The van der Waals surface area contributed by atoms with Gasteiger partial charge in [0.25, 0.3) is 0 Å². The van der Waals surface area contributed by atoms with Gasteiger partial charge in [-0.2, -0.15) is 43.8 Å². The minimum absolute atomic E-state index is 0.102. The molecule has 0 spiro atoms. The summed E-state index contributed by atoms with van der Waals surface area (Å²) in [4.78, 5) is 40.7. The van der Waals surface area contributed by atoms with Crippen LogP contribution in [0.4, 0.5) is 31.0 Å². The van der Waals surface area contributed by atoms with Crippen LogP contribution in [0.1, 0.15) is 219 Å². The molecular formula is C93H95BBrF3N18O2. The first kappa shape index (κ1) is 77.1. The summed E-state index contributed by atoms with van der Waals surface area (Å²) in [6.07, 6.45) is 46.4. The number of halogens is 4. The fourth-order valence-electron chi connectivity index (χ4n) is 19.0. The zero-order valence-electron chi connectivity index (χ0n) is 67.1. The van der Waals surface area contributed by atoms with Gasteiger partial charge in [0.2, 0.25) is 17.8 Å². The number of hydrogen-bond donors (Lipinski definition) is 3. The van der Waals surface area contributed by atoms with Gasteiger partial charge in [0.05, 0.1) is 52.9 Å². The SMILES string of the molecule is CC1(C)OB(C2=CCCCC2)OC1(C)C.Fc1cncc(-c2nc(N[C@@H]3CCC4=C(C3)c3ccccc3C4)n3ncc(Br)c3n2)c1.Fc1cncc(-c2nc(N[C@@H]3CCC4=C(C3)c3ccccc3C4)n3ncc(C4=CCCCC4)c3n2)c1.Fc1cncc(-c2nc(N[C@@H]3CCC4=C(C3)c3ccccc3C4)n3ncc(C4CCCCC4)c3n2)c1. The average Bonchev–Trinajstić information content (AvgIpc) is 1.78. The molecule has 0 bridgehead atoms. The first-order chi connectivity index (χ1) is 57.5. The average molecular weight is 1640 g/mol. The van der Waals surface area contributed by atoms with Gasteiger partial charge in [-0.1, -0.05) is 121 Å². The third-order valence-corrected chi connectivity index (χ3v) is 26.4. The topological polar surface area (TPSA) is 222 Å². The number of rotatable bonds is 12. The highest BCUT2D eigenvalue weighted by Gasteiger charge is 2.52. The number of aromatic nitrogens is 15. The van der Waals surface area contributed by atoms with E-state index < -0.39 is 17.5 Å². The van der Waals surface area contributed by atoms with Gasteiger partial charge in [0.15, 0.2) is 34.4 Å².